The van der Waals surface area contributed by atoms with Gasteiger partial charge in [-0.2, -0.15) is 4.37 Å². The van der Waals surface area contributed by atoms with Gasteiger partial charge >= 0.3 is 0 Å². The van der Waals surface area contributed by atoms with E-state index in [1.807, 2.05) is 6.92 Å². The molecule has 0 atom stereocenters. The molecule has 1 aliphatic rings. The fraction of sp³-hybridized carbons (Fsp3) is 0.333. The van der Waals surface area contributed by atoms with Crippen LogP contribution in [0.25, 0.3) is 0 Å². The van der Waals surface area contributed by atoms with Crippen LogP contribution in [0.1, 0.15) is 17.0 Å². The summed E-state index contributed by atoms with van der Waals surface area (Å²) in [6.07, 6.45) is 1.11. The molecule has 0 N–H and O–H groups in total. The van der Waals surface area contributed by atoms with E-state index in [-0.39, 0.29) is 0 Å². The zero-order valence-electron chi connectivity index (χ0n) is 9.18. The van der Waals surface area contributed by atoms with Crippen LogP contribution in [0.5, 0.6) is 0 Å². The second-order valence-corrected chi connectivity index (χ2v) is 4.79. The minimum absolute atomic E-state index is 0.874. The van der Waals surface area contributed by atoms with Gasteiger partial charge in [-0.15, -0.1) is 0 Å². The van der Waals surface area contributed by atoms with Crippen molar-refractivity contribution in [3.8, 4) is 0 Å². The van der Waals surface area contributed by atoms with Crippen LogP contribution in [-0.2, 0) is 13.0 Å². The molecule has 2 heterocycles. The van der Waals surface area contributed by atoms with Gasteiger partial charge in [-0.1, -0.05) is 24.3 Å². The Balaban J connectivity index is 1.88. The zero-order chi connectivity index (χ0) is 11.0. The van der Waals surface area contributed by atoms with Gasteiger partial charge in [-0.05, 0) is 24.5 Å². The maximum Gasteiger partial charge on any atom is 0.205 e. The maximum atomic E-state index is 4.44. The first kappa shape index (κ1) is 9.78. The van der Waals surface area contributed by atoms with Crippen molar-refractivity contribution in [3.05, 3.63) is 41.2 Å². The summed E-state index contributed by atoms with van der Waals surface area (Å²) in [5.74, 6) is 0.874. The van der Waals surface area contributed by atoms with E-state index >= 15 is 0 Å². The summed E-state index contributed by atoms with van der Waals surface area (Å²) in [6, 6.07) is 8.64. The third-order valence-corrected chi connectivity index (χ3v) is 3.79. The summed E-state index contributed by atoms with van der Waals surface area (Å²) >= 11 is 1.50. The Morgan fingerprint density at radius 1 is 1.25 bits per heavy atom. The van der Waals surface area contributed by atoms with Gasteiger partial charge in [0.1, 0.15) is 5.82 Å². The number of anilines is 1. The highest BCUT2D eigenvalue weighted by molar-refractivity contribution is 7.09. The SMILES string of the molecule is Cc1nsc(N2CCc3ccccc3C2)n1. The van der Waals surface area contributed by atoms with Gasteiger partial charge in [0.25, 0.3) is 0 Å². The lowest BCUT2D eigenvalue weighted by atomic mass is 10.0. The first-order valence-corrected chi connectivity index (χ1v) is 6.22. The third-order valence-electron chi connectivity index (χ3n) is 2.92. The van der Waals surface area contributed by atoms with E-state index in [1.165, 1.54) is 22.7 Å². The average molecular weight is 231 g/mol. The van der Waals surface area contributed by atoms with E-state index in [4.69, 9.17) is 0 Å². The monoisotopic (exact) mass is 231 g/mol. The summed E-state index contributed by atoms with van der Waals surface area (Å²) in [5, 5.41) is 1.05. The summed E-state index contributed by atoms with van der Waals surface area (Å²) < 4.78 is 4.24. The molecule has 0 bridgehead atoms. The van der Waals surface area contributed by atoms with Crippen molar-refractivity contribution in [2.45, 2.75) is 19.9 Å². The van der Waals surface area contributed by atoms with Crippen LogP contribution in [-0.4, -0.2) is 15.9 Å². The van der Waals surface area contributed by atoms with Crippen LogP contribution in [0.2, 0.25) is 0 Å². The van der Waals surface area contributed by atoms with Crippen molar-refractivity contribution in [1.29, 1.82) is 0 Å². The van der Waals surface area contributed by atoms with E-state index in [0.717, 1.165) is 30.5 Å². The fourth-order valence-corrected chi connectivity index (χ4v) is 2.77. The maximum absolute atomic E-state index is 4.44. The van der Waals surface area contributed by atoms with Crippen molar-refractivity contribution in [2.24, 2.45) is 0 Å². The Hall–Kier alpha value is -1.42. The highest BCUT2D eigenvalue weighted by atomic mass is 32.1. The predicted molar refractivity (Wildman–Crippen MR) is 65.8 cm³/mol. The number of aromatic nitrogens is 2. The number of hydrogen-bond donors (Lipinski definition) is 0. The lowest BCUT2D eigenvalue weighted by molar-refractivity contribution is 0.728. The van der Waals surface area contributed by atoms with Crippen LogP contribution in [0.15, 0.2) is 24.3 Å². The van der Waals surface area contributed by atoms with Crippen LogP contribution >= 0.6 is 11.5 Å². The molecule has 1 aromatic carbocycles. The lowest BCUT2D eigenvalue weighted by Gasteiger charge is -2.27. The minimum Gasteiger partial charge on any atom is -0.342 e. The van der Waals surface area contributed by atoms with Crippen molar-refractivity contribution in [2.75, 3.05) is 11.4 Å². The minimum atomic E-state index is 0.874. The summed E-state index contributed by atoms with van der Waals surface area (Å²) in [7, 11) is 0. The second kappa shape index (κ2) is 3.87. The molecule has 0 unspecified atom stereocenters. The van der Waals surface area contributed by atoms with Crippen LogP contribution < -0.4 is 4.90 Å². The van der Waals surface area contributed by atoms with Crippen molar-refractivity contribution in [3.63, 3.8) is 0 Å². The number of aryl methyl sites for hydroxylation is 1. The third kappa shape index (κ3) is 1.69. The molecule has 1 aliphatic heterocycles. The number of hydrogen-bond acceptors (Lipinski definition) is 4. The standard InChI is InChI=1S/C12H13N3S/c1-9-13-12(16-14-9)15-7-6-10-4-2-3-5-11(10)8-15/h2-5H,6-8H2,1H3. The number of nitrogens with zero attached hydrogens (tertiary/aromatic N) is 3. The van der Waals surface area contributed by atoms with Gasteiger partial charge in [0.2, 0.25) is 5.13 Å². The number of fused-ring (bicyclic) bond motifs is 1. The van der Waals surface area contributed by atoms with Crippen molar-refractivity contribution < 1.29 is 0 Å². The van der Waals surface area contributed by atoms with E-state index in [9.17, 15) is 0 Å². The van der Waals surface area contributed by atoms with Crippen LogP contribution in [0.4, 0.5) is 5.13 Å². The smallest absolute Gasteiger partial charge is 0.205 e. The Labute approximate surface area is 98.9 Å². The molecule has 4 heteroatoms. The quantitative estimate of drug-likeness (QED) is 0.754. The molecule has 0 saturated carbocycles. The molecular weight excluding hydrogens is 218 g/mol. The number of benzene rings is 1. The molecule has 0 amide bonds. The summed E-state index contributed by atoms with van der Waals surface area (Å²) in [6.45, 7) is 3.95. The Kier molecular flexibility index (Phi) is 2.36. The Morgan fingerprint density at radius 3 is 2.81 bits per heavy atom. The highest BCUT2D eigenvalue weighted by Gasteiger charge is 2.18. The molecule has 0 aliphatic carbocycles. The first-order chi connectivity index (χ1) is 7.83. The Bertz CT molecular complexity index is 506. The molecule has 3 nitrogen and oxygen atoms in total. The predicted octanol–water partition coefficient (Wildman–Crippen LogP) is 2.41. The largest absolute Gasteiger partial charge is 0.342 e. The van der Waals surface area contributed by atoms with Gasteiger partial charge in [0.15, 0.2) is 0 Å². The molecule has 0 fully saturated rings. The highest BCUT2D eigenvalue weighted by Crippen LogP contribution is 2.25. The molecule has 16 heavy (non-hydrogen) atoms. The molecular formula is C12H13N3S. The summed E-state index contributed by atoms with van der Waals surface area (Å²) in [5.41, 5.74) is 2.89. The molecule has 82 valence electrons. The Morgan fingerprint density at radius 2 is 2.06 bits per heavy atom. The molecule has 0 saturated heterocycles. The second-order valence-electron chi connectivity index (χ2n) is 4.06. The van der Waals surface area contributed by atoms with E-state index in [1.54, 1.807) is 0 Å². The average Bonchev–Trinajstić information content (AvgIpc) is 2.75. The van der Waals surface area contributed by atoms with Gasteiger partial charge in [0, 0.05) is 24.6 Å². The zero-order valence-corrected chi connectivity index (χ0v) is 10.00. The van der Waals surface area contributed by atoms with Crippen LogP contribution in [0.3, 0.4) is 0 Å². The van der Waals surface area contributed by atoms with Crippen molar-refractivity contribution in [1.82, 2.24) is 9.36 Å². The van der Waals surface area contributed by atoms with Gasteiger partial charge in [-0.25, -0.2) is 4.98 Å². The lowest BCUT2D eigenvalue weighted by Crippen LogP contribution is -2.30. The van der Waals surface area contributed by atoms with Gasteiger partial charge < -0.3 is 4.90 Å². The molecule has 3 rings (SSSR count). The molecule has 0 radical (unpaired) electrons. The first-order valence-electron chi connectivity index (χ1n) is 5.45. The normalized spacial score (nSPS) is 14.9. The topological polar surface area (TPSA) is 29.0 Å². The van der Waals surface area contributed by atoms with E-state index < -0.39 is 0 Å². The van der Waals surface area contributed by atoms with Gasteiger partial charge in [0.05, 0.1) is 0 Å². The van der Waals surface area contributed by atoms with Crippen molar-refractivity contribution >= 4 is 16.7 Å². The molecule has 1 aromatic heterocycles. The van der Waals surface area contributed by atoms with E-state index in [2.05, 4.69) is 38.5 Å². The van der Waals surface area contributed by atoms with Gasteiger partial charge in [-0.3, -0.25) is 0 Å². The fourth-order valence-electron chi connectivity index (χ4n) is 2.07. The molecule has 2 aromatic rings. The summed E-state index contributed by atoms with van der Waals surface area (Å²) in [4.78, 5) is 6.75. The van der Waals surface area contributed by atoms with Crippen LogP contribution in [0, 0.1) is 6.92 Å². The van der Waals surface area contributed by atoms with E-state index in [0.29, 0.717) is 0 Å². The molecule has 0 spiro atoms. The number of rotatable bonds is 1.